The van der Waals surface area contributed by atoms with Crippen molar-refractivity contribution in [2.24, 2.45) is 0 Å². The lowest BCUT2D eigenvalue weighted by Crippen LogP contribution is -2.64. The Morgan fingerprint density at radius 1 is 0.652 bits per heavy atom. The highest BCUT2D eigenvalue weighted by atomic mass is 16.7. The minimum absolute atomic E-state index is 0.667. The van der Waals surface area contributed by atoms with Crippen molar-refractivity contribution in [2.45, 2.75) is 61.4 Å². The normalized spacial score (nSPS) is 51.7. The Bertz CT molecular complexity index is 378. The first-order valence-corrected chi connectivity index (χ1v) is 7.08. The fourth-order valence-electron chi connectivity index (χ4n) is 2.57. The maximum Gasteiger partial charge on any atom is 0.187 e. The zero-order valence-corrected chi connectivity index (χ0v) is 12.0. The van der Waals surface area contributed by atoms with Crippen LogP contribution in [0.4, 0.5) is 0 Å². The van der Waals surface area contributed by atoms with Crippen LogP contribution in [0.5, 0.6) is 0 Å². The standard InChI is InChI=1S/C12H22O11/c13-1-3-5(15)6(16)9(19)12(22-3)23-10-4(2-14)21-11(20)8(18)7(10)17/h3-20H,1-2H2/t3-,4-,5+,6+,7-,8+,9+,10+,11-,12+/m1/s1. The molecule has 0 spiro atoms. The van der Waals surface area contributed by atoms with Crippen LogP contribution in [0.15, 0.2) is 0 Å². The molecule has 8 N–H and O–H groups in total. The molecule has 23 heavy (non-hydrogen) atoms. The topological polar surface area (TPSA) is 190 Å². The van der Waals surface area contributed by atoms with Crippen molar-refractivity contribution < 1.29 is 55.1 Å². The lowest BCUT2D eigenvalue weighted by Gasteiger charge is -2.45. The molecular formula is C12H22O11. The number of rotatable bonds is 4. The second-order valence-corrected chi connectivity index (χ2v) is 5.53. The van der Waals surface area contributed by atoms with E-state index in [9.17, 15) is 35.7 Å². The largest absolute Gasteiger partial charge is 0.394 e. The van der Waals surface area contributed by atoms with Crippen LogP contribution in [-0.2, 0) is 14.2 Å². The third kappa shape index (κ3) is 3.65. The van der Waals surface area contributed by atoms with E-state index in [0.29, 0.717) is 0 Å². The van der Waals surface area contributed by atoms with Crippen LogP contribution in [-0.4, -0.2) is 115 Å². The van der Waals surface area contributed by atoms with Gasteiger partial charge in [-0.1, -0.05) is 0 Å². The molecular weight excluding hydrogens is 320 g/mol. The second-order valence-electron chi connectivity index (χ2n) is 5.53. The van der Waals surface area contributed by atoms with Gasteiger partial charge in [-0.2, -0.15) is 0 Å². The molecule has 0 bridgehead atoms. The summed E-state index contributed by atoms with van der Waals surface area (Å²) in [7, 11) is 0. The third-order valence-corrected chi connectivity index (χ3v) is 3.98. The summed E-state index contributed by atoms with van der Waals surface area (Å²) in [4.78, 5) is 0. The predicted molar refractivity (Wildman–Crippen MR) is 68.6 cm³/mol. The first kappa shape index (κ1) is 18.9. The fraction of sp³-hybridized carbons (Fsp3) is 1.00. The molecule has 0 unspecified atom stereocenters. The number of aliphatic hydroxyl groups is 8. The van der Waals surface area contributed by atoms with Crippen LogP contribution < -0.4 is 0 Å². The van der Waals surface area contributed by atoms with Crippen LogP contribution in [0.1, 0.15) is 0 Å². The smallest absolute Gasteiger partial charge is 0.187 e. The zero-order chi connectivity index (χ0) is 17.3. The van der Waals surface area contributed by atoms with Crippen LogP contribution in [0.2, 0.25) is 0 Å². The maximum atomic E-state index is 9.94. The van der Waals surface area contributed by atoms with Crippen molar-refractivity contribution in [3.05, 3.63) is 0 Å². The monoisotopic (exact) mass is 342 g/mol. The summed E-state index contributed by atoms with van der Waals surface area (Å²) in [6.07, 6.45) is -15.6. The van der Waals surface area contributed by atoms with Gasteiger partial charge in [0.25, 0.3) is 0 Å². The highest BCUT2D eigenvalue weighted by Gasteiger charge is 2.50. The minimum atomic E-state index is -1.74. The highest BCUT2D eigenvalue weighted by Crippen LogP contribution is 2.28. The van der Waals surface area contributed by atoms with Crippen molar-refractivity contribution in [1.82, 2.24) is 0 Å². The Hall–Kier alpha value is -0.440. The predicted octanol–water partition coefficient (Wildman–Crippen LogP) is -5.40. The summed E-state index contributed by atoms with van der Waals surface area (Å²) in [5.74, 6) is 0. The van der Waals surface area contributed by atoms with E-state index in [1.165, 1.54) is 0 Å². The van der Waals surface area contributed by atoms with Crippen molar-refractivity contribution in [3.8, 4) is 0 Å². The molecule has 11 heteroatoms. The van der Waals surface area contributed by atoms with Crippen molar-refractivity contribution in [3.63, 3.8) is 0 Å². The van der Waals surface area contributed by atoms with Gasteiger partial charge in [0.1, 0.15) is 48.8 Å². The summed E-state index contributed by atoms with van der Waals surface area (Å²) < 4.78 is 15.3. The molecule has 2 heterocycles. The summed E-state index contributed by atoms with van der Waals surface area (Å²) in [5, 5.41) is 76.5. The molecule has 0 aromatic carbocycles. The van der Waals surface area contributed by atoms with Crippen molar-refractivity contribution >= 4 is 0 Å². The van der Waals surface area contributed by atoms with Gasteiger partial charge in [0.15, 0.2) is 12.6 Å². The maximum absolute atomic E-state index is 9.94. The number of ether oxygens (including phenoxy) is 3. The summed E-state index contributed by atoms with van der Waals surface area (Å²) in [6.45, 7) is -1.35. The summed E-state index contributed by atoms with van der Waals surface area (Å²) in [5.41, 5.74) is 0. The first-order chi connectivity index (χ1) is 10.8. The van der Waals surface area contributed by atoms with E-state index in [1.54, 1.807) is 0 Å². The van der Waals surface area contributed by atoms with E-state index < -0.39 is 74.6 Å². The van der Waals surface area contributed by atoms with Gasteiger partial charge in [0.05, 0.1) is 13.2 Å². The molecule has 2 aliphatic heterocycles. The third-order valence-electron chi connectivity index (χ3n) is 3.98. The van der Waals surface area contributed by atoms with Gasteiger partial charge in [-0.3, -0.25) is 0 Å². The Kier molecular flexibility index (Phi) is 6.27. The molecule has 2 saturated heterocycles. The average Bonchev–Trinajstić information content (AvgIpc) is 2.55. The van der Waals surface area contributed by atoms with Crippen molar-refractivity contribution in [1.29, 1.82) is 0 Å². The molecule has 2 fully saturated rings. The summed E-state index contributed by atoms with van der Waals surface area (Å²) >= 11 is 0. The molecule has 0 aromatic rings. The van der Waals surface area contributed by atoms with Crippen LogP contribution in [0.3, 0.4) is 0 Å². The lowest BCUT2D eigenvalue weighted by atomic mass is 9.97. The molecule has 0 radical (unpaired) electrons. The minimum Gasteiger partial charge on any atom is -0.394 e. The van der Waals surface area contributed by atoms with Crippen molar-refractivity contribution in [2.75, 3.05) is 13.2 Å². The van der Waals surface area contributed by atoms with Gasteiger partial charge in [-0.05, 0) is 0 Å². The highest BCUT2D eigenvalue weighted by molar-refractivity contribution is 4.93. The molecule has 2 rings (SSSR count). The SMILES string of the molecule is OC[C@H]1O[C@@H](O[C@@H]2[C@H](O)[C@H](O)[C@H](O)O[C@@H]2CO)[C@@H](O)[C@@H](O)[C@H]1O. The van der Waals surface area contributed by atoms with E-state index in [0.717, 1.165) is 0 Å². The number of hydrogen-bond donors (Lipinski definition) is 8. The van der Waals surface area contributed by atoms with E-state index in [1.807, 2.05) is 0 Å². The Labute approximate surface area is 130 Å². The number of aliphatic hydroxyl groups excluding tert-OH is 8. The molecule has 11 nitrogen and oxygen atoms in total. The average molecular weight is 342 g/mol. The Morgan fingerprint density at radius 3 is 1.83 bits per heavy atom. The molecule has 0 aromatic heterocycles. The molecule has 2 aliphatic rings. The quantitative estimate of drug-likeness (QED) is 0.243. The molecule has 136 valence electrons. The molecule has 0 amide bonds. The van der Waals surface area contributed by atoms with E-state index in [-0.39, 0.29) is 0 Å². The van der Waals surface area contributed by atoms with Crippen LogP contribution in [0, 0.1) is 0 Å². The molecule has 0 saturated carbocycles. The first-order valence-electron chi connectivity index (χ1n) is 7.08. The second kappa shape index (κ2) is 7.63. The van der Waals surface area contributed by atoms with Crippen LogP contribution in [0.25, 0.3) is 0 Å². The van der Waals surface area contributed by atoms with Gasteiger partial charge < -0.3 is 55.1 Å². The van der Waals surface area contributed by atoms with E-state index in [2.05, 4.69) is 0 Å². The van der Waals surface area contributed by atoms with Crippen LogP contribution >= 0.6 is 0 Å². The Morgan fingerprint density at radius 2 is 1.26 bits per heavy atom. The zero-order valence-electron chi connectivity index (χ0n) is 12.0. The van der Waals surface area contributed by atoms with Gasteiger partial charge in [0.2, 0.25) is 0 Å². The molecule has 0 aliphatic carbocycles. The van der Waals surface area contributed by atoms with E-state index in [4.69, 9.17) is 19.3 Å². The molecule has 10 atom stereocenters. The van der Waals surface area contributed by atoms with E-state index >= 15 is 0 Å². The van der Waals surface area contributed by atoms with Gasteiger partial charge >= 0.3 is 0 Å². The van der Waals surface area contributed by atoms with Gasteiger partial charge in [-0.15, -0.1) is 0 Å². The van der Waals surface area contributed by atoms with Gasteiger partial charge in [-0.25, -0.2) is 0 Å². The lowest BCUT2D eigenvalue weighted by molar-refractivity contribution is -0.355. The van der Waals surface area contributed by atoms with Gasteiger partial charge in [0, 0.05) is 0 Å². The number of hydrogen-bond acceptors (Lipinski definition) is 11. The summed E-state index contributed by atoms with van der Waals surface area (Å²) in [6, 6.07) is 0. The fourth-order valence-corrected chi connectivity index (χ4v) is 2.57. The Balaban J connectivity index is 2.11.